The van der Waals surface area contributed by atoms with Crippen LogP contribution in [-0.4, -0.2) is 12.5 Å². The molecule has 0 aliphatic rings. The summed E-state index contributed by atoms with van der Waals surface area (Å²) in [6.45, 7) is 2.57. The van der Waals surface area contributed by atoms with Gasteiger partial charge in [0, 0.05) is 22.0 Å². The highest BCUT2D eigenvalue weighted by atomic mass is 127. The highest BCUT2D eigenvalue weighted by Gasteiger charge is 2.10. The first-order valence-electron chi connectivity index (χ1n) is 6.01. The van der Waals surface area contributed by atoms with Crippen LogP contribution in [0.4, 0.5) is 5.69 Å². The molecule has 3 nitrogen and oxygen atoms in total. The molecule has 1 amide bonds. The van der Waals surface area contributed by atoms with Crippen molar-refractivity contribution >= 4 is 61.5 Å². The third kappa shape index (κ3) is 3.95. The molecule has 0 radical (unpaired) electrons. The molecule has 0 unspecified atom stereocenters. The van der Waals surface area contributed by atoms with Crippen molar-refractivity contribution in [3.05, 3.63) is 43.7 Å². The summed E-state index contributed by atoms with van der Waals surface area (Å²) in [6, 6.07) is 7.54. The van der Waals surface area contributed by atoms with Gasteiger partial charge in [0.15, 0.2) is 0 Å². The number of hydrogen-bond acceptors (Lipinski definition) is 3. The summed E-state index contributed by atoms with van der Waals surface area (Å²) < 4.78 is 6.63. The van der Waals surface area contributed by atoms with Gasteiger partial charge in [-0.25, -0.2) is 0 Å². The summed E-state index contributed by atoms with van der Waals surface area (Å²) in [4.78, 5) is 12.1. The lowest BCUT2D eigenvalue weighted by atomic mass is 10.2. The van der Waals surface area contributed by atoms with E-state index in [1.807, 2.05) is 36.6 Å². The molecule has 106 valence electrons. The Morgan fingerprint density at radius 1 is 1.45 bits per heavy atom. The van der Waals surface area contributed by atoms with Crippen LogP contribution in [0.2, 0.25) is 0 Å². The Labute approximate surface area is 144 Å². The molecule has 0 fully saturated rings. The quantitative estimate of drug-likeness (QED) is 0.503. The largest absolute Gasteiger partial charge is 0.494 e. The minimum atomic E-state index is -0.0890. The Morgan fingerprint density at radius 2 is 2.25 bits per heavy atom. The zero-order valence-corrected chi connectivity index (χ0v) is 15.3. The summed E-state index contributed by atoms with van der Waals surface area (Å²) in [5.41, 5.74) is 2.48. The lowest BCUT2D eigenvalue weighted by molar-refractivity contribution is 0.102. The van der Waals surface area contributed by atoms with Crippen molar-refractivity contribution in [2.75, 3.05) is 11.9 Å². The Bertz CT molecular complexity index is 615. The van der Waals surface area contributed by atoms with E-state index in [0.29, 0.717) is 17.5 Å². The van der Waals surface area contributed by atoms with E-state index >= 15 is 0 Å². The molecular weight excluding hydrogens is 453 g/mol. The number of nitrogens with one attached hydrogen (secondary N) is 1. The number of ether oxygens (including phenoxy) is 1. The summed E-state index contributed by atoms with van der Waals surface area (Å²) in [5.74, 6) is 0.751. The molecule has 0 aliphatic heterocycles. The molecule has 0 saturated carbocycles. The van der Waals surface area contributed by atoms with Gasteiger partial charge in [-0.15, -0.1) is 11.3 Å². The van der Waals surface area contributed by atoms with E-state index in [0.717, 1.165) is 19.9 Å². The fourth-order valence-corrected chi connectivity index (χ4v) is 3.46. The second kappa shape index (κ2) is 7.42. The Kier molecular flexibility index (Phi) is 5.86. The number of carbonyl (C=O) groups excluding carboxylic acids is 1. The van der Waals surface area contributed by atoms with Gasteiger partial charge in [-0.05, 0) is 53.8 Å². The van der Waals surface area contributed by atoms with Crippen LogP contribution < -0.4 is 10.1 Å². The number of carbonyl (C=O) groups is 1. The Hall–Kier alpha value is -0.600. The van der Waals surface area contributed by atoms with Crippen LogP contribution in [0.15, 0.2) is 29.6 Å². The van der Waals surface area contributed by atoms with Crippen molar-refractivity contribution in [2.24, 2.45) is 0 Å². The monoisotopic (exact) mass is 465 g/mol. The average molecular weight is 466 g/mol. The van der Waals surface area contributed by atoms with Crippen molar-refractivity contribution in [1.82, 2.24) is 0 Å². The van der Waals surface area contributed by atoms with E-state index in [1.54, 1.807) is 11.3 Å². The predicted molar refractivity (Wildman–Crippen MR) is 95.2 cm³/mol. The van der Waals surface area contributed by atoms with Gasteiger partial charge < -0.3 is 10.1 Å². The first-order valence-corrected chi connectivity index (χ1v) is 9.09. The maximum Gasteiger partial charge on any atom is 0.256 e. The van der Waals surface area contributed by atoms with Gasteiger partial charge in [-0.2, -0.15) is 0 Å². The Morgan fingerprint density at radius 3 is 2.85 bits per heavy atom. The minimum Gasteiger partial charge on any atom is -0.494 e. The van der Waals surface area contributed by atoms with E-state index in [2.05, 4.69) is 43.8 Å². The lowest BCUT2D eigenvalue weighted by Gasteiger charge is -2.11. The molecule has 0 saturated heterocycles. The number of benzene rings is 1. The number of anilines is 1. The molecule has 6 heteroatoms. The van der Waals surface area contributed by atoms with Gasteiger partial charge in [-0.3, -0.25) is 4.79 Å². The predicted octanol–water partition coefficient (Wildman–Crippen LogP) is 4.90. The molecule has 1 N–H and O–H groups in total. The molecular formula is C14H13BrINO2S. The van der Waals surface area contributed by atoms with Crippen LogP contribution in [-0.2, 0) is 5.33 Å². The fourth-order valence-electron chi connectivity index (χ4n) is 1.69. The zero-order valence-electron chi connectivity index (χ0n) is 10.8. The SMILES string of the molecule is CCOc1ccc(NC(=O)c2csc(I)c2)cc1CBr. The van der Waals surface area contributed by atoms with Gasteiger partial charge in [-0.1, -0.05) is 15.9 Å². The van der Waals surface area contributed by atoms with E-state index in [-0.39, 0.29) is 5.91 Å². The number of halogens is 2. The normalized spacial score (nSPS) is 10.3. The number of amides is 1. The number of thiophene rings is 1. The number of hydrogen-bond donors (Lipinski definition) is 1. The van der Waals surface area contributed by atoms with Crippen molar-refractivity contribution in [1.29, 1.82) is 0 Å². The molecule has 0 bridgehead atoms. The van der Waals surface area contributed by atoms with E-state index < -0.39 is 0 Å². The fraction of sp³-hybridized carbons (Fsp3) is 0.214. The smallest absolute Gasteiger partial charge is 0.256 e. The first-order chi connectivity index (χ1) is 9.63. The average Bonchev–Trinajstić information content (AvgIpc) is 2.87. The molecule has 0 atom stereocenters. The van der Waals surface area contributed by atoms with E-state index in [9.17, 15) is 4.79 Å². The van der Waals surface area contributed by atoms with E-state index in [1.165, 1.54) is 0 Å². The van der Waals surface area contributed by atoms with E-state index in [4.69, 9.17) is 4.74 Å². The second-order valence-electron chi connectivity index (χ2n) is 3.98. The standard InChI is InChI=1S/C14H13BrINO2S/c1-2-19-12-4-3-11(5-9(12)7-15)17-14(18)10-6-13(16)20-8-10/h3-6,8H,2,7H2,1H3,(H,17,18). The van der Waals surface area contributed by atoms with Crippen LogP contribution in [0.5, 0.6) is 5.75 Å². The van der Waals surface area contributed by atoms with Gasteiger partial charge >= 0.3 is 0 Å². The van der Waals surface area contributed by atoms with Crippen molar-refractivity contribution in [3.63, 3.8) is 0 Å². The van der Waals surface area contributed by atoms with Gasteiger partial charge in [0.1, 0.15) is 5.75 Å². The molecule has 0 spiro atoms. The maximum atomic E-state index is 12.1. The van der Waals surface area contributed by atoms with Crippen LogP contribution in [0.1, 0.15) is 22.8 Å². The van der Waals surface area contributed by atoms with Crippen molar-refractivity contribution < 1.29 is 9.53 Å². The zero-order chi connectivity index (χ0) is 14.5. The van der Waals surface area contributed by atoms with Crippen molar-refractivity contribution in [2.45, 2.75) is 12.3 Å². The third-order valence-corrected chi connectivity index (χ3v) is 4.98. The molecule has 2 rings (SSSR count). The number of rotatable bonds is 5. The number of alkyl halides is 1. The summed E-state index contributed by atoms with van der Waals surface area (Å²) in [7, 11) is 0. The minimum absolute atomic E-state index is 0.0890. The summed E-state index contributed by atoms with van der Waals surface area (Å²) >= 11 is 7.20. The lowest BCUT2D eigenvalue weighted by Crippen LogP contribution is -2.11. The third-order valence-electron chi connectivity index (χ3n) is 2.59. The molecule has 20 heavy (non-hydrogen) atoms. The highest BCUT2D eigenvalue weighted by Crippen LogP contribution is 2.26. The summed E-state index contributed by atoms with van der Waals surface area (Å²) in [6.07, 6.45) is 0. The molecule has 2 aromatic rings. The van der Waals surface area contributed by atoms with Gasteiger partial charge in [0.2, 0.25) is 0 Å². The summed E-state index contributed by atoms with van der Waals surface area (Å²) in [5, 5.41) is 5.44. The second-order valence-corrected chi connectivity index (χ2v) is 7.35. The van der Waals surface area contributed by atoms with Crippen molar-refractivity contribution in [3.8, 4) is 5.75 Å². The van der Waals surface area contributed by atoms with Gasteiger partial charge in [0.05, 0.1) is 15.1 Å². The molecule has 1 aromatic heterocycles. The Balaban J connectivity index is 2.15. The highest BCUT2D eigenvalue weighted by molar-refractivity contribution is 14.1. The van der Waals surface area contributed by atoms with Crippen LogP contribution in [0.25, 0.3) is 0 Å². The molecule has 1 heterocycles. The topological polar surface area (TPSA) is 38.3 Å². The maximum absolute atomic E-state index is 12.1. The van der Waals surface area contributed by atoms with Crippen LogP contribution >= 0.6 is 49.9 Å². The molecule has 0 aliphatic carbocycles. The van der Waals surface area contributed by atoms with Crippen LogP contribution in [0.3, 0.4) is 0 Å². The van der Waals surface area contributed by atoms with Crippen LogP contribution in [0, 0.1) is 2.88 Å². The first kappa shape index (κ1) is 15.8. The molecule has 1 aromatic carbocycles. The van der Waals surface area contributed by atoms with Gasteiger partial charge in [0.25, 0.3) is 5.91 Å².